The molecule has 3 nitrogen and oxygen atoms in total. The fourth-order valence-electron chi connectivity index (χ4n) is 2.64. The minimum atomic E-state index is -4.55. The van der Waals surface area contributed by atoms with Crippen molar-refractivity contribution in [2.24, 2.45) is 0 Å². The molecule has 1 aliphatic rings. The molecular weight excluding hydrogens is 355 g/mol. The average Bonchev–Trinajstić information content (AvgIpc) is 2.53. The molecule has 9 heteroatoms. The maximum atomic E-state index is 13.0. The van der Waals surface area contributed by atoms with E-state index in [1.807, 2.05) is 4.90 Å². The second-order valence-corrected chi connectivity index (χ2v) is 5.32. The zero-order valence-corrected chi connectivity index (χ0v) is 13.7. The molecule has 24 heavy (non-hydrogen) atoms. The Morgan fingerprint density at radius 1 is 1.21 bits per heavy atom. The maximum Gasteiger partial charge on any atom is 0.461 e. The monoisotopic (exact) mass is 374 g/mol. The topological polar surface area (TPSA) is 24.5 Å². The summed E-state index contributed by atoms with van der Waals surface area (Å²) in [4.78, 5) is 2.04. The van der Waals surface area contributed by atoms with Crippen LogP contribution in [0.25, 0.3) is 0 Å². The maximum absolute atomic E-state index is 13.0. The summed E-state index contributed by atoms with van der Waals surface area (Å²) in [6.45, 7) is 2.34. The number of nitrogens with one attached hydrogen (secondary N) is 1. The van der Waals surface area contributed by atoms with E-state index in [4.69, 9.17) is 0 Å². The largest absolute Gasteiger partial charge is 0.461 e. The van der Waals surface area contributed by atoms with Crippen LogP contribution in [0.1, 0.15) is 18.0 Å². The van der Waals surface area contributed by atoms with Crippen LogP contribution in [0.2, 0.25) is 0 Å². The van der Waals surface area contributed by atoms with Gasteiger partial charge in [0.25, 0.3) is 0 Å². The summed E-state index contributed by atoms with van der Waals surface area (Å²) in [6.07, 6.45) is -8.27. The molecule has 1 aromatic rings. The quantitative estimate of drug-likeness (QED) is 0.737. The van der Waals surface area contributed by atoms with Crippen LogP contribution in [0.15, 0.2) is 24.3 Å². The number of halogens is 6. The molecule has 1 fully saturated rings. The van der Waals surface area contributed by atoms with E-state index < -0.39 is 19.2 Å². The van der Waals surface area contributed by atoms with Crippen LogP contribution < -0.4 is 10.1 Å². The van der Waals surface area contributed by atoms with Crippen LogP contribution in [0, 0.1) is 0 Å². The van der Waals surface area contributed by atoms with Gasteiger partial charge in [0.15, 0.2) is 0 Å². The number of benzene rings is 1. The van der Waals surface area contributed by atoms with E-state index >= 15 is 0 Å². The zero-order chi connectivity index (χ0) is 16.9. The summed E-state index contributed by atoms with van der Waals surface area (Å²) < 4.78 is 67.5. The number of nitrogens with zero attached hydrogens (tertiary/aromatic N) is 1. The third-order valence-corrected chi connectivity index (χ3v) is 3.73. The van der Waals surface area contributed by atoms with Gasteiger partial charge in [-0.1, -0.05) is 12.1 Å². The summed E-state index contributed by atoms with van der Waals surface area (Å²) in [5.41, 5.74) is 0.576. The van der Waals surface area contributed by atoms with Gasteiger partial charge in [-0.15, -0.1) is 12.4 Å². The Bertz CT molecular complexity index is 501. The molecule has 1 heterocycles. The molecular formula is C15H20ClF5N2O. The van der Waals surface area contributed by atoms with Gasteiger partial charge >= 0.3 is 12.5 Å². The van der Waals surface area contributed by atoms with E-state index in [0.717, 1.165) is 13.1 Å². The van der Waals surface area contributed by atoms with Gasteiger partial charge in [-0.3, -0.25) is 9.29 Å². The lowest BCUT2D eigenvalue weighted by Gasteiger charge is -2.35. The third kappa shape index (κ3) is 5.46. The lowest BCUT2D eigenvalue weighted by molar-refractivity contribution is -0.253. The molecule has 1 atom stereocenters. The summed E-state index contributed by atoms with van der Waals surface area (Å²) in [6, 6.07) is 5.27. The smallest absolute Gasteiger partial charge is 0.428 e. The van der Waals surface area contributed by atoms with Crippen molar-refractivity contribution in [3.63, 3.8) is 0 Å². The Kier molecular flexibility index (Phi) is 8.18. The SMILES string of the molecule is Cl.FCC[C@@H](c1cccc(OC(F)(F)C(F)F)c1)N1CCNCC1. The standard InChI is InChI=1S/C15H19F5N2O.ClH/c16-5-4-13(22-8-6-21-7-9-22)11-2-1-3-12(10-11)23-15(19,20)14(17)18;/h1-3,10,13-14,21H,4-9H2;1H/t13-;/m0./s1. The first-order valence-corrected chi connectivity index (χ1v) is 7.39. The van der Waals surface area contributed by atoms with Crippen LogP contribution in [-0.4, -0.2) is 50.3 Å². The molecule has 0 aliphatic carbocycles. The Morgan fingerprint density at radius 2 is 1.88 bits per heavy atom. The number of rotatable bonds is 7. The number of hydrogen-bond acceptors (Lipinski definition) is 3. The highest BCUT2D eigenvalue weighted by atomic mass is 35.5. The van der Waals surface area contributed by atoms with Gasteiger partial charge in [-0.2, -0.15) is 17.6 Å². The van der Waals surface area contributed by atoms with Crippen molar-refractivity contribution in [3.8, 4) is 5.75 Å². The highest BCUT2D eigenvalue weighted by Crippen LogP contribution is 2.31. The number of hydrogen-bond donors (Lipinski definition) is 1. The predicted octanol–water partition coefficient (Wildman–Crippen LogP) is 3.65. The van der Waals surface area contributed by atoms with Crippen molar-refractivity contribution in [2.45, 2.75) is 25.0 Å². The van der Waals surface area contributed by atoms with Crippen molar-refractivity contribution >= 4 is 12.4 Å². The van der Waals surface area contributed by atoms with Gasteiger partial charge in [0.05, 0.1) is 6.67 Å². The first-order chi connectivity index (χ1) is 10.9. The lowest BCUT2D eigenvalue weighted by atomic mass is 10.0. The second kappa shape index (κ2) is 9.39. The number of alkyl halides is 5. The van der Waals surface area contributed by atoms with Gasteiger partial charge < -0.3 is 10.1 Å². The van der Waals surface area contributed by atoms with E-state index in [2.05, 4.69) is 10.1 Å². The molecule has 2 rings (SSSR count). The van der Waals surface area contributed by atoms with E-state index in [0.29, 0.717) is 18.7 Å². The molecule has 0 radical (unpaired) electrons. The number of ether oxygens (including phenoxy) is 1. The van der Waals surface area contributed by atoms with Crippen molar-refractivity contribution in [1.82, 2.24) is 10.2 Å². The molecule has 0 spiro atoms. The Balaban J connectivity index is 0.00000288. The third-order valence-electron chi connectivity index (χ3n) is 3.73. The molecule has 138 valence electrons. The first kappa shape index (κ1) is 20.9. The van der Waals surface area contributed by atoms with E-state index in [-0.39, 0.29) is 30.6 Å². The van der Waals surface area contributed by atoms with Crippen molar-refractivity contribution in [3.05, 3.63) is 29.8 Å². The second-order valence-electron chi connectivity index (χ2n) is 5.32. The summed E-state index contributed by atoms with van der Waals surface area (Å²) in [7, 11) is 0. The Morgan fingerprint density at radius 3 is 2.46 bits per heavy atom. The predicted molar refractivity (Wildman–Crippen MR) is 83.0 cm³/mol. The molecule has 1 aliphatic heterocycles. The van der Waals surface area contributed by atoms with Gasteiger partial charge in [0, 0.05) is 32.2 Å². The molecule has 0 saturated carbocycles. The van der Waals surface area contributed by atoms with Gasteiger partial charge in [0.2, 0.25) is 0 Å². The number of piperazine rings is 1. The van der Waals surface area contributed by atoms with Crippen molar-refractivity contribution in [2.75, 3.05) is 32.9 Å². The highest BCUT2D eigenvalue weighted by Gasteiger charge is 2.44. The fraction of sp³-hybridized carbons (Fsp3) is 0.600. The molecule has 1 N–H and O–H groups in total. The summed E-state index contributed by atoms with van der Waals surface area (Å²) >= 11 is 0. The van der Waals surface area contributed by atoms with Crippen LogP contribution in [0.3, 0.4) is 0 Å². The molecule has 1 aromatic carbocycles. The molecule has 0 bridgehead atoms. The van der Waals surface area contributed by atoms with E-state index in [1.54, 1.807) is 6.07 Å². The lowest BCUT2D eigenvalue weighted by Crippen LogP contribution is -2.45. The van der Waals surface area contributed by atoms with Crippen molar-refractivity contribution < 1.29 is 26.7 Å². The molecule has 1 saturated heterocycles. The van der Waals surface area contributed by atoms with E-state index in [9.17, 15) is 22.0 Å². The average molecular weight is 375 g/mol. The normalized spacial score (nSPS) is 17.4. The first-order valence-electron chi connectivity index (χ1n) is 7.39. The van der Waals surface area contributed by atoms with Crippen LogP contribution in [0.4, 0.5) is 22.0 Å². The summed E-state index contributed by atoms with van der Waals surface area (Å²) in [5, 5.41) is 3.18. The van der Waals surface area contributed by atoms with Gasteiger partial charge in [0.1, 0.15) is 5.75 Å². The van der Waals surface area contributed by atoms with Gasteiger partial charge in [-0.05, 0) is 24.1 Å². The molecule has 0 aromatic heterocycles. The molecule has 0 amide bonds. The van der Waals surface area contributed by atoms with Crippen LogP contribution >= 0.6 is 12.4 Å². The minimum absolute atomic E-state index is 0. The highest BCUT2D eigenvalue weighted by molar-refractivity contribution is 5.85. The summed E-state index contributed by atoms with van der Waals surface area (Å²) in [5.74, 6) is -0.355. The Labute approximate surface area is 143 Å². The van der Waals surface area contributed by atoms with E-state index in [1.165, 1.54) is 18.2 Å². The van der Waals surface area contributed by atoms with Crippen LogP contribution in [-0.2, 0) is 0 Å². The zero-order valence-electron chi connectivity index (χ0n) is 12.9. The fourth-order valence-corrected chi connectivity index (χ4v) is 2.64. The van der Waals surface area contributed by atoms with Gasteiger partial charge in [-0.25, -0.2) is 0 Å². The Hall–Kier alpha value is -1.12. The van der Waals surface area contributed by atoms with Crippen LogP contribution in [0.5, 0.6) is 5.75 Å². The molecule has 0 unspecified atom stereocenters. The van der Waals surface area contributed by atoms with Crippen molar-refractivity contribution in [1.29, 1.82) is 0 Å². The minimum Gasteiger partial charge on any atom is -0.428 e.